The minimum absolute atomic E-state index is 0.0595. The molecule has 0 spiro atoms. The van der Waals surface area contributed by atoms with Gasteiger partial charge >= 0.3 is 0 Å². The van der Waals surface area contributed by atoms with Gasteiger partial charge in [0.1, 0.15) is 11.6 Å². The summed E-state index contributed by atoms with van der Waals surface area (Å²) in [6, 6.07) is 13.1. The van der Waals surface area contributed by atoms with Gasteiger partial charge in [-0.1, -0.05) is 31.2 Å². The van der Waals surface area contributed by atoms with Crippen LogP contribution in [0.1, 0.15) is 24.5 Å². The molecule has 1 heterocycles. The van der Waals surface area contributed by atoms with E-state index in [1.807, 2.05) is 24.3 Å². The van der Waals surface area contributed by atoms with E-state index in [9.17, 15) is 17.6 Å². The molecule has 7 heteroatoms. The standard InChI is InChI=1S/C21H24FNO4S/c1-2-16-6-8-20(9-7-16)27-14-21(24)23(19-10-11-28(25,26)15-19)13-17-4-3-5-18(22)12-17/h3-9,12,19H,2,10-11,13-15H2,1H3/t19-/m0/s1. The molecule has 0 saturated carbocycles. The van der Waals surface area contributed by atoms with Crippen molar-refractivity contribution in [2.75, 3.05) is 18.1 Å². The molecule has 1 aliphatic heterocycles. The highest BCUT2D eigenvalue weighted by atomic mass is 32.2. The first-order valence-electron chi connectivity index (χ1n) is 9.32. The van der Waals surface area contributed by atoms with E-state index in [0.717, 1.165) is 6.42 Å². The van der Waals surface area contributed by atoms with Gasteiger partial charge in [0.25, 0.3) is 5.91 Å². The van der Waals surface area contributed by atoms with E-state index in [-0.39, 0.29) is 30.6 Å². The van der Waals surface area contributed by atoms with E-state index in [1.54, 1.807) is 12.1 Å². The first-order chi connectivity index (χ1) is 13.4. The lowest BCUT2D eigenvalue weighted by atomic mass is 10.1. The second-order valence-electron chi connectivity index (χ2n) is 6.99. The molecule has 0 aromatic heterocycles. The fourth-order valence-corrected chi connectivity index (χ4v) is 5.05. The average molecular weight is 405 g/mol. The molecule has 1 amide bonds. The van der Waals surface area contributed by atoms with Crippen molar-refractivity contribution in [3.05, 3.63) is 65.5 Å². The van der Waals surface area contributed by atoms with Gasteiger partial charge in [0.2, 0.25) is 0 Å². The second kappa shape index (κ2) is 8.73. The van der Waals surface area contributed by atoms with Crippen molar-refractivity contribution in [3.63, 3.8) is 0 Å². The summed E-state index contributed by atoms with van der Waals surface area (Å²) in [7, 11) is -3.16. The summed E-state index contributed by atoms with van der Waals surface area (Å²) >= 11 is 0. The van der Waals surface area contributed by atoms with Crippen LogP contribution in [0.4, 0.5) is 4.39 Å². The molecule has 150 valence electrons. The Balaban J connectivity index is 1.72. The normalized spacial score (nSPS) is 18.0. The fraction of sp³-hybridized carbons (Fsp3) is 0.381. The molecule has 0 aliphatic carbocycles. The monoisotopic (exact) mass is 405 g/mol. The van der Waals surface area contributed by atoms with Crippen LogP contribution in [-0.4, -0.2) is 43.4 Å². The van der Waals surface area contributed by atoms with Gasteiger partial charge < -0.3 is 9.64 Å². The molecule has 2 aromatic rings. The van der Waals surface area contributed by atoms with Gasteiger partial charge in [-0.25, -0.2) is 12.8 Å². The summed E-state index contributed by atoms with van der Waals surface area (Å²) in [6.07, 6.45) is 1.30. The van der Waals surface area contributed by atoms with Crippen LogP contribution in [0, 0.1) is 5.82 Å². The van der Waals surface area contributed by atoms with E-state index in [2.05, 4.69) is 6.92 Å². The number of sulfone groups is 1. The van der Waals surface area contributed by atoms with Gasteiger partial charge in [-0.15, -0.1) is 0 Å². The first kappa shape index (κ1) is 20.3. The van der Waals surface area contributed by atoms with E-state index < -0.39 is 21.7 Å². The number of carbonyl (C=O) groups is 1. The predicted molar refractivity (Wildman–Crippen MR) is 105 cm³/mol. The zero-order chi connectivity index (χ0) is 20.1. The van der Waals surface area contributed by atoms with Crippen LogP contribution < -0.4 is 4.74 Å². The van der Waals surface area contributed by atoms with Gasteiger partial charge in [0.15, 0.2) is 16.4 Å². The summed E-state index contributed by atoms with van der Waals surface area (Å²) < 4.78 is 42.9. The molecule has 1 fully saturated rings. The number of hydrogen-bond donors (Lipinski definition) is 0. The summed E-state index contributed by atoms with van der Waals surface area (Å²) in [5.41, 5.74) is 1.78. The second-order valence-corrected chi connectivity index (χ2v) is 9.22. The Bertz CT molecular complexity index is 928. The number of nitrogens with zero attached hydrogens (tertiary/aromatic N) is 1. The van der Waals surface area contributed by atoms with Crippen molar-refractivity contribution in [3.8, 4) is 5.75 Å². The average Bonchev–Trinajstić information content (AvgIpc) is 3.04. The highest BCUT2D eigenvalue weighted by molar-refractivity contribution is 7.91. The molecule has 0 bridgehead atoms. The van der Waals surface area contributed by atoms with Gasteiger partial charge in [-0.05, 0) is 48.2 Å². The van der Waals surface area contributed by atoms with Gasteiger partial charge in [0, 0.05) is 12.6 Å². The Labute approximate surface area is 165 Å². The number of amides is 1. The molecule has 2 aromatic carbocycles. The molecular formula is C21H24FNO4S. The van der Waals surface area contributed by atoms with Crippen molar-refractivity contribution in [2.24, 2.45) is 0 Å². The Morgan fingerprint density at radius 1 is 1.18 bits per heavy atom. The van der Waals surface area contributed by atoms with Gasteiger partial charge in [-0.3, -0.25) is 4.79 Å². The SMILES string of the molecule is CCc1ccc(OCC(=O)N(Cc2cccc(F)c2)[C@H]2CCS(=O)(=O)C2)cc1. The van der Waals surface area contributed by atoms with Crippen molar-refractivity contribution in [1.29, 1.82) is 0 Å². The maximum atomic E-state index is 13.5. The zero-order valence-electron chi connectivity index (χ0n) is 15.8. The number of halogens is 1. The minimum atomic E-state index is -3.16. The first-order valence-corrected chi connectivity index (χ1v) is 11.1. The number of aryl methyl sites for hydroxylation is 1. The number of rotatable bonds is 7. The molecule has 1 aliphatic rings. The lowest BCUT2D eigenvalue weighted by Gasteiger charge is -2.28. The van der Waals surface area contributed by atoms with Crippen LogP contribution in [0.15, 0.2) is 48.5 Å². The van der Waals surface area contributed by atoms with Crippen LogP contribution in [0.25, 0.3) is 0 Å². The Kier molecular flexibility index (Phi) is 6.34. The quantitative estimate of drug-likeness (QED) is 0.710. The molecule has 3 rings (SSSR count). The lowest BCUT2D eigenvalue weighted by Crippen LogP contribution is -2.43. The summed E-state index contributed by atoms with van der Waals surface area (Å²) in [4.78, 5) is 14.3. The molecule has 1 atom stereocenters. The maximum absolute atomic E-state index is 13.5. The zero-order valence-corrected chi connectivity index (χ0v) is 16.6. The van der Waals surface area contributed by atoms with Crippen LogP contribution in [-0.2, 0) is 27.6 Å². The van der Waals surface area contributed by atoms with E-state index >= 15 is 0 Å². The Morgan fingerprint density at radius 2 is 1.93 bits per heavy atom. The number of ether oxygens (including phenoxy) is 1. The van der Waals surface area contributed by atoms with Crippen molar-refractivity contribution in [2.45, 2.75) is 32.4 Å². The smallest absolute Gasteiger partial charge is 0.261 e. The van der Waals surface area contributed by atoms with Crippen LogP contribution >= 0.6 is 0 Å². The fourth-order valence-electron chi connectivity index (χ4n) is 3.32. The van der Waals surface area contributed by atoms with Crippen LogP contribution in [0.5, 0.6) is 5.75 Å². The van der Waals surface area contributed by atoms with Crippen molar-refractivity contribution in [1.82, 2.24) is 4.90 Å². The van der Waals surface area contributed by atoms with E-state index in [4.69, 9.17) is 4.74 Å². The lowest BCUT2D eigenvalue weighted by molar-refractivity contribution is -0.136. The van der Waals surface area contributed by atoms with Crippen LogP contribution in [0.2, 0.25) is 0 Å². The molecule has 0 radical (unpaired) electrons. The molecule has 0 unspecified atom stereocenters. The minimum Gasteiger partial charge on any atom is -0.484 e. The third kappa shape index (κ3) is 5.32. The van der Waals surface area contributed by atoms with Crippen molar-refractivity contribution >= 4 is 15.7 Å². The summed E-state index contributed by atoms with van der Waals surface area (Å²) in [5, 5.41) is 0. The topological polar surface area (TPSA) is 63.7 Å². The van der Waals surface area contributed by atoms with Gasteiger partial charge in [-0.2, -0.15) is 0 Å². The van der Waals surface area contributed by atoms with Gasteiger partial charge in [0.05, 0.1) is 11.5 Å². The van der Waals surface area contributed by atoms with Crippen LogP contribution in [0.3, 0.4) is 0 Å². The molecule has 28 heavy (non-hydrogen) atoms. The summed E-state index contributed by atoms with van der Waals surface area (Å²) in [5.74, 6) is -0.138. The highest BCUT2D eigenvalue weighted by Gasteiger charge is 2.34. The Morgan fingerprint density at radius 3 is 2.54 bits per heavy atom. The molecule has 0 N–H and O–H groups in total. The highest BCUT2D eigenvalue weighted by Crippen LogP contribution is 2.21. The molecular weight excluding hydrogens is 381 g/mol. The Hall–Kier alpha value is -2.41. The number of carbonyl (C=O) groups excluding carboxylic acids is 1. The maximum Gasteiger partial charge on any atom is 0.261 e. The largest absolute Gasteiger partial charge is 0.484 e. The third-order valence-electron chi connectivity index (χ3n) is 4.91. The third-order valence-corrected chi connectivity index (χ3v) is 6.66. The molecule has 5 nitrogen and oxygen atoms in total. The molecule has 1 saturated heterocycles. The summed E-state index contributed by atoms with van der Waals surface area (Å²) in [6.45, 7) is 2.01. The van der Waals surface area contributed by atoms with E-state index in [1.165, 1.54) is 22.6 Å². The van der Waals surface area contributed by atoms with E-state index in [0.29, 0.717) is 17.7 Å². The number of benzene rings is 2. The van der Waals surface area contributed by atoms with Crippen molar-refractivity contribution < 1.29 is 22.3 Å². The predicted octanol–water partition coefficient (Wildman–Crippen LogP) is 2.98. The number of hydrogen-bond acceptors (Lipinski definition) is 4.